The van der Waals surface area contributed by atoms with Gasteiger partial charge >= 0.3 is 0 Å². The zero-order valence-corrected chi connectivity index (χ0v) is 21.1. The number of pyridine rings is 1. The van der Waals surface area contributed by atoms with E-state index in [1.165, 1.54) is 0 Å². The van der Waals surface area contributed by atoms with Gasteiger partial charge in [-0.25, -0.2) is 4.98 Å². The standard InChI is InChI=1S/C26H24BrN3O3S/c1-34(31,22-5-3-2-4-6-22)30-17-24(23-14-20(27)16-29-26(23)30)18-7-8-25(19(13-18)15-28)33-21-9-11-32-12-10-21/h2-8,13-14,16-17,21,34H,9-12H2,1H3. The van der Waals surface area contributed by atoms with Gasteiger partial charge in [-0.05, 0) is 61.9 Å². The van der Waals surface area contributed by atoms with E-state index >= 15 is 0 Å². The molecule has 0 amide bonds. The first-order valence-corrected chi connectivity index (χ1v) is 14.0. The minimum Gasteiger partial charge on any atom is -0.489 e. The van der Waals surface area contributed by atoms with Gasteiger partial charge in [-0.2, -0.15) is 5.26 Å². The summed E-state index contributed by atoms with van der Waals surface area (Å²) >= 11 is 3.52. The topological polar surface area (TPSA) is 77.1 Å². The molecule has 5 rings (SSSR count). The lowest BCUT2D eigenvalue weighted by Crippen LogP contribution is -2.26. The van der Waals surface area contributed by atoms with Crippen LogP contribution >= 0.6 is 15.9 Å². The fourth-order valence-electron chi connectivity index (χ4n) is 4.28. The number of hydrogen-bond acceptors (Lipinski definition) is 5. The van der Waals surface area contributed by atoms with E-state index in [0.717, 1.165) is 38.7 Å². The minimum atomic E-state index is -2.97. The Morgan fingerprint density at radius 1 is 1.18 bits per heavy atom. The second-order valence-corrected chi connectivity index (χ2v) is 12.0. The van der Waals surface area contributed by atoms with Gasteiger partial charge < -0.3 is 9.47 Å². The van der Waals surface area contributed by atoms with Crippen LogP contribution in [-0.4, -0.2) is 38.7 Å². The van der Waals surface area contributed by atoms with Crippen LogP contribution in [0.3, 0.4) is 0 Å². The summed E-state index contributed by atoms with van der Waals surface area (Å²) in [6.45, 7) is 1.34. The highest BCUT2D eigenvalue weighted by Crippen LogP contribution is 2.36. The predicted octanol–water partition coefficient (Wildman–Crippen LogP) is 5.36. The number of rotatable bonds is 5. The first-order valence-electron chi connectivity index (χ1n) is 11.1. The summed E-state index contributed by atoms with van der Waals surface area (Å²) in [4.78, 5) is 5.35. The van der Waals surface area contributed by atoms with E-state index in [1.807, 2.05) is 60.8 Å². The summed E-state index contributed by atoms with van der Waals surface area (Å²) in [7, 11) is -2.97. The molecular weight excluding hydrogens is 514 g/mol. The van der Waals surface area contributed by atoms with Gasteiger partial charge in [-0.3, -0.25) is 8.18 Å². The van der Waals surface area contributed by atoms with Gasteiger partial charge in [0.25, 0.3) is 0 Å². The molecule has 0 atom stereocenters. The van der Waals surface area contributed by atoms with E-state index in [4.69, 9.17) is 9.47 Å². The number of nitrogens with zero attached hydrogens (tertiary/aromatic N) is 3. The second-order valence-electron chi connectivity index (χ2n) is 8.38. The van der Waals surface area contributed by atoms with Crippen LogP contribution in [0.1, 0.15) is 18.4 Å². The summed E-state index contributed by atoms with van der Waals surface area (Å²) in [6, 6.07) is 19.3. The van der Waals surface area contributed by atoms with E-state index in [0.29, 0.717) is 30.2 Å². The van der Waals surface area contributed by atoms with Crippen molar-refractivity contribution in [2.75, 3.05) is 19.5 Å². The highest BCUT2D eigenvalue weighted by atomic mass is 79.9. The molecule has 0 bridgehead atoms. The molecule has 4 aromatic rings. The summed E-state index contributed by atoms with van der Waals surface area (Å²) < 4.78 is 28.1. The van der Waals surface area contributed by atoms with Crippen molar-refractivity contribution in [3.05, 3.63) is 77.0 Å². The molecule has 34 heavy (non-hydrogen) atoms. The molecule has 2 aromatic carbocycles. The zero-order valence-electron chi connectivity index (χ0n) is 18.6. The number of benzene rings is 2. The molecular formula is C26H24BrN3O3S. The van der Waals surface area contributed by atoms with Crippen LogP contribution in [0, 0.1) is 11.3 Å². The third-order valence-corrected chi connectivity index (χ3v) is 8.93. The van der Waals surface area contributed by atoms with Crippen molar-refractivity contribution in [2.45, 2.75) is 23.8 Å². The monoisotopic (exact) mass is 537 g/mol. The molecule has 1 aliphatic rings. The Balaban J connectivity index is 1.61. The van der Waals surface area contributed by atoms with Crippen LogP contribution in [0.4, 0.5) is 0 Å². The maximum absolute atomic E-state index is 14.0. The number of hydrogen-bond donors (Lipinski definition) is 1. The highest BCUT2D eigenvalue weighted by Gasteiger charge is 2.22. The predicted molar refractivity (Wildman–Crippen MR) is 138 cm³/mol. The van der Waals surface area contributed by atoms with E-state index in [9.17, 15) is 9.47 Å². The van der Waals surface area contributed by atoms with E-state index in [1.54, 1.807) is 16.4 Å². The number of halogens is 1. The third-order valence-electron chi connectivity index (χ3n) is 6.11. The Morgan fingerprint density at radius 2 is 1.94 bits per heavy atom. The quantitative estimate of drug-likeness (QED) is 0.346. The lowest BCUT2D eigenvalue weighted by Gasteiger charge is -2.23. The molecule has 0 radical (unpaired) electrons. The molecule has 0 unspecified atom stereocenters. The Bertz CT molecular complexity index is 1440. The van der Waals surface area contributed by atoms with Crippen LogP contribution < -0.4 is 4.74 Å². The van der Waals surface area contributed by atoms with Gasteiger partial charge in [-0.1, -0.05) is 24.3 Å². The van der Waals surface area contributed by atoms with Crippen molar-refractivity contribution in [2.24, 2.45) is 0 Å². The number of thiol groups is 1. The van der Waals surface area contributed by atoms with Crippen LogP contribution in [0.2, 0.25) is 0 Å². The van der Waals surface area contributed by atoms with Crippen molar-refractivity contribution >= 4 is 37.1 Å². The van der Waals surface area contributed by atoms with E-state index in [-0.39, 0.29) is 6.10 Å². The fraction of sp³-hybridized carbons (Fsp3) is 0.231. The van der Waals surface area contributed by atoms with Crippen molar-refractivity contribution in [1.29, 1.82) is 5.26 Å². The molecule has 0 saturated carbocycles. The van der Waals surface area contributed by atoms with Crippen LogP contribution in [0.25, 0.3) is 22.2 Å². The summed E-state index contributed by atoms with van der Waals surface area (Å²) in [5.74, 6) is 0.576. The molecule has 0 aliphatic carbocycles. The Labute approximate surface area is 207 Å². The van der Waals surface area contributed by atoms with Gasteiger partial charge in [0.05, 0.1) is 18.8 Å². The van der Waals surface area contributed by atoms with Crippen LogP contribution in [0.15, 0.2) is 76.4 Å². The van der Waals surface area contributed by atoms with Crippen molar-refractivity contribution in [3.8, 4) is 22.9 Å². The molecule has 174 valence electrons. The Morgan fingerprint density at radius 3 is 2.68 bits per heavy atom. The normalized spacial score (nSPS) is 15.2. The number of nitriles is 1. The highest BCUT2D eigenvalue weighted by molar-refractivity contribution is 9.10. The molecule has 6 nitrogen and oxygen atoms in total. The molecule has 3 heterocycles. The van der Waals surface area contributed by atoms with Gasteiger partial charge in [0.1, 0.15) is 17.9 Å². The van der Waals surface area contributed by atoms with Crippen molar-refractivity contribution < 1.29 is 13.7 Å². The zero-order chi connectivity index (χ0) is 23.7. The average molecular weight is 538 g/mol. The maximum atomic E-state index is 14.0. The average Bonchev–Trinajstić information content (AvgIpc) is 3.25. The maximum Gasteiger partial charge on any atom is 0.151 e. The van der Waals surface area contributed by atoms with Crippen LogP contribution in [-0.2, 0) is 14.9 Å². The summed E-state index contributed by atoms with van der Waals surface area (Å²) in [5, 5.41) is 10.7. The van der Waals surface area contributed by atoms with E-state index in [2.05, 4.69) is 27.0 Å². The largest absolute Gasteiger partial charge is 0.489 e. The lowest BCUT2D eigenvalue weighted by molar-refractivity contribution is 0.0254. The molecule has 2 aromatic heterocycles. The van der Waals surface area contributed by atoms with Gasteiger partial charge in [0, 0.05) is 51.8 Å². The molecule has 1 saturated heterocycles. The van der Waals surface area contributed by atoms with Crippen molar-refractivity contribution in [3.63, 3.8) is 0 Å². The molecule has 0 N–H and O–H groups in total. The molecule has 1 aliphatic heterocycles. The first-order chi connectivity index (χ1) is 16.5. The third kappa shape index (κ3) is 4.27. The minimum absolute atomic E-state index is 0.0469. The molecule has 8 heteroatoms. The number of aromatic nitrogens is 2. The second kappa shape index (κ2) is 9.34. The summed E-state index contributed by atoms with van der Waals surface area (Å²) in [6.07, 6.45) is 7.01. The number of ether oxygens (including phenoxy) is 2. The van der Waals surface area contributed by atoms with E-state index < -0.39 is 10.1 Å². The van der Waals surface area contributed by atoms with Gasteiger partial charge in [0.15, 0.2) is 5.65 Å². The summed E-state index contributed by atoms with van der Waals surface area (Å²) in [5.41, 5.74) is 2.80. The Kier molecular flexibility index (Phi) is 6.26. The lowest BCUT2D eigenvalue weighted by atomic mass is 10.0. The van der Waals surface area contributed by atoms with Gasteiger partial charge in [0.2, 0.25) is 0 Å². The smallest absolute Gasteiger partial charge is 0.151 e. The van der Waals surface area contributed by atoms with Crippen molar-refractivity contribution in [1.82, 2.24) is 8.96 Å². The molecule has 1 fully saturated rings. The Hall–Kier alpha value is -2.99. The fourth-order valence-corrected chi connectivity index (χ4v) is 6.44. The first kappa shape index (κ1) is 22.8. The van der Waals surface area contributed by atoms with Crippen LogP contribution in [0.5, 0.6) is 5.75 Å². The SMILES string of the molecule is C[SH](=O)(c1ccccc1)n1cc(-c2ccc(OC3CCOCC3)c(C#N)c2)c2cc(Br)cnc21. The van der Waals surface area contributed by atoms with Gasteiger partial charge in [-0.15, -0.1) is 0 Å². The molecule has 0 spiro atoms. The number of fused-ring (bicyclic) bond motifs is 1.